The van der Waals surface area contributed by atoms with E-state index in [9.17, 15) is 8.42 Å². The molecule has 0 unspecified atom stereocenters. The standard InChI is InChI=1S/C23H22N4O4S/c1-30-16-10-11-22(31-2)20(13-16)27-23-21(25-18-8-3-4-9-19(18)26-23)14-32(28,29)17-7-5-6-15(24)12-17/h3-13H,14,24H2,1-2H3,(H,26,27). The number of methoxy groups -OCH3 is 2. The molecule has 1 aromatic heterocycles. The molecule has 0 aliphatic carbocycles. The van der Waals surface area contributed by atoms with Gasteiger partial charge in [0, 0.05) is 11.8 Å². The lowest BCUT2D eigenvalue weighted by Gasteiger charge is -2.15. The second-order valence-electron chi connectivity index (χ2n) is 7.03. The van der Waals surface area contributed by atoms with Crippen molar-refractivity contribution in [1.82, 2.24) is 9.97 Å². The van der Waals surface area contributed by atoms with Crippen LogP contribution in [0, 0.1) is 0 Å². The Labute approximate surface area is 186 Å². The van der Waals surface area contributed by atoms with Crippen LogP contribution in [-0.2, 0) is 15.6 Å². The molecule has 164 valence electrons. The van der Waals surface area contributed by atoms with Gasteiger partial charge < -0.3 is 20.5 Å². The SMILES string of the molecule is COc1ccc(OC)c(Nc2nc3ccccc3nc2CS(=O)(=O)c2cccc(N)c2)c1. The number of nitrogens with one attached hydrogen (secondary N) is 1. The fraction of sp³-hybridized carbons (Fsp3) is 0.130. The van der Waals surface area contributed by atoms with E-state index < -0.39 is 9.84 Å². The van der Waals surface area contributed by atoms with Crippen molar-refractivity contribution in [2.24, 2.45) is 0 Å². The lowest BCUT2D eigenvalue weighted by Crippen LogP contribution is -2.11. The monoisotopic (exact) mass is 450 g/mol. The molecule has 0 fully saturated rings. The van der Waals surface area contributed by atoms with Gasteiger partial charge in [0.15, 0.2) is 15.7 Å². The summed E-state index contributed by atoms with van der Waals surface area (Å²) in [6, 6.07) is 18.7. The van der Waals surface area contributed by atoms with E-state index in [2.05, 4.69) is 15.3 Å². The molecule has 4 rings (SSSR count). The second-order valence-corrected chi connectivity index (χ2v) is 9.02. The van der Waals surface area contributed by atoms with Crippen LogP contribution in [-0.4, -0.2) is 32.6 Å². The lowest BCUT2D eigenvalue weighted by molar-refractivity contribution is 0.405. The summed E-state index contributed by atoms with van der Waals surface area (Å²) in [4.78, 5) is 9.36. The van der Waals surface area contributed by atoms with E-state index in [1.807, 2.05) is 18.2 Å². The maximum absolute atomic E-state index is 13.1. The molecular formula is C23H22N4O4S. The van der Waals surface area contributed by atoms with E-state index in [0.717, 1.165) is 0 Å². The predicted molar refractivity (Wildman–Crippen MR) is 124 cm³/mol. The number of benzene rings is 3. The number of anilines is 3. The topological polar surface area (TPSA) is 116 Å². The van der Waals surface area contributed by atoms with Crippen molar-refractivity contribution in [2.75, 3.05) is 25.3 Å². The number of ether oxygens (including phenoxy) is 2. The van der Waals surface area contributed by atoms with Crippen molar-refractivity contribution in [1.29, 1.82) is 0 Å². The first-order valence-electron chi connectivity index (χ1n) is 9.72. The average Bonchev–Trinajstić information content (AvgIpc) is 2.79. The number of aromatic nitrogens is 2. The van der Waals surface area contributed by atoms with E-state index >= 15 is 0 Å². The fourth-order valence-electron chi connectivity index (χ4n) is 3.25. The molecule has 0 atom stereocenters. The third-order valence-corrected chi connectivity index (χ3v) is 6.47. The molecule has 9 heteroatoms. The normalized spacial score (nSPS) is 11.3. The zero-order valence-electron chi connectivity index (χ0n) is 17.6. The van der Waals surface area contributed by atoms with Gasteiger partial charge in [-0.3, -0.25) is 0 Å². The third-order valence-electron chi connectivity index (χ3n) is 4.85. The number of nitrogen functional groups attached to an aromatic ring is 1. The Kier molecular flexibility index (Phi) is 5.83. The van der Waals surface area contributed by atoms with Gasteiger partial charge in [0.2, 0.25) is 0 Å². The van der Waals surface area contributed by atoms with Gasteiger partial charge in [0.25, 0.3) is 0 Å². The molecule has 0 aliphatic rings. The summed E-state index contributed by atoms with van der Waals surface area (Å²) in [6.07, 6.45) is 0. The van der Waals surface area contributed by atoms with Gasteiger partial charge in [-0.2, -0.15) is 0 Å². The van der Waals surface area contributed by atoms with Crippen LogP contribution in [0.4, 0.5) is 17.2 Å². The molecule has 0 aliphatic heterocycles. The van der Waals surface area contributed by atoms with Gasteiger partial charge in [0.1, 0.15) is 17.3 Å². The van der Waals surface area contributed by atoms with Gasteiger partial charge in [-0.25, -0.2) is 18.4 Å². The summed E-state index contributed by atoms with van der Waals surface area (Å²) in [5.41, 5.74) is 8.21. The molecular weight excluding hydrogens is 428 g/mol. The van der Waals surface area contributed by atoms with E-state index in [0.29, 0.717) is 39.7 Å². The molecule has 0 radical (unpaired) electrons. The first kappa shape index (κ1) is 21.4. The number of fused-ring (bicyclic) bond motifs is 1. The predicted octanol–water partition coefficient (Wildman–Crippen LogP) is 3.95. The van der Waals surface area contributed by atoms with Crippen LogP contribution in [0.25, 0.3) is 11.0 Å². The number of hydrogen-bond donors (Lipinski definition) is 2. The Balaban J connectivity index is 1.81. The van der Waals surface area contributed by atoms with Crippen molar-refractivity contribution in [3.63, 3.8) is 0 Å². The van der Waals surface area contributed by atoms with Gasteiger partial charge in [-0.15, -0.1) is 0 Å². The molecule has 3 N–H and O–H groups in total. The molecule has 0 saturated heterocycles. The highest BCUT2D eigenvalue weighted by molar-refractivity contribution is 7.90. The van der Waals surface area contributed by atoms with Crippen molar-refractivity contribution >= 4 is 38.1 Å². The zero-order valence-corrected chi connectivity index (χ0v) is 18.4. The smallest absolute Gasteiger partial charge is 0.184 e. The zero-order chi connectivity index (χ0) is 22.7. The first-order chi connectivity index (χ1) is 15.4. The number of rotatable bonds is 7. The quantitative estimate of drug-likeness (QED) is 0.407. The largest absolute Gasteiger partial charge is 0.497 e. The summed E-state index contributed by atoms with van der Waals surface area (Å²) in [6.45, 7) is 0. The Morgan fingerprint density at radius 2 is 1.66 bits per heavy atom. The van der Waals surface area contributed by atoms with E-state index in [1.54, 1.807) is 50.6 Å². The lowest BCUT2D eigenvalue weighted by atomic mass is 10.2. The molecule has 0 saturated carbocycles. The van der Waals surface area contributed by atoms with Crippen molar-refractivity contribution in [3.05, 3.63) is 72.4 Å². The van der Waals surface area contributed by atoms with Crippen molar-refractivity contribution < 1.29 is 17.9 Å². The molecule has 0 spiro atoms. The Hall–Kier alpha value is -3.85. The number of nitrogens with two attached hydrogens (primary N) is 1. The Morgan fingerprint density at radius 3 is 2.34 bits per heavy atom. The van der Waals surface area contributed by atoms with Crippen LogP contribution >= 0.6 is 0 Å². The van der Waals surface area contributed by atoms with Gasteiger partial charge in [-0.1, -0.05) is 18.2 Å². The summed E-state index contributed by atoms with van der Waals surface area (Å²) >= 11 is 0. The molecule has 8 nitrogen and oxygen atoms in total. The van der Waals surface area contributed by atoms with Crippen LogP contribution in [0.5, 0.6) is 11.5 Å². The number of sulfone groups is 1. The van der Waals surface area contributed by atoms with Crippen LogP contribution < -0.4 is 20.5 Å². The fourth-order valence-corrected chi connectivity index (χ4v) is 4.58. The van der Waals surface area contributed by atoms with Gasteiger partial charge in [-0.05, 0) is 42.5 Å². The van der Waals surface area contributed by atoms with Crippen LogP contribution in [0.1, 0.15) is 5.69 Å². The average molecular weight is 451 g/mol. The van der Waals surface area contributed by atoms with E-state index in [1.165, 1.54) is 12.1 Å². The summed E-state index contributed by atoms with van der Waals surface area (Å²) in [5, 5.41) is 3.18. The molecule has 32 heavy (non-hydrogen) atoms. The van der Waals surface area contributed by atoms with E-state index in [-0.39, 0.29) is 16.3 Å². The highest BCUT2D eigenvalue weighted by Gasteiger charge is 2.21. The van der Waals surface area contributed by atoms with E-state index in [4.69, 9.17) is 15.2 Å². The van der Waals surface area contributed by atoms with Gasteiger partial charge in [0.05, 0.1) is 41.5 Å². The minimum absolute atomic E-state index is 0.123. The summed E-state index contributed by atoms with van der Waals surface area (Å²) < 4.78 is 37.0. The number of para-hydroxylation sites is 2. The van der Waals surface area contributed by atoms with Crippen LogP contribution in [0.3, 0.4) is 0 Å². The molecule has 4 aromatic rings. The minimum Gasteiger partial charge on any atom is -0.497 e. The van der Waals surface area contributed by atoms with Crippen molar-refractivity contribution in [3.8, 4) is 11.5 Å². The summed E-state index contributed by atoms with van der Waals surface area (Å²) in [7, 11) is -0.620. The Bertz CT molecular complexity index is 1390. The summed E-state index contributed by atoms with van der Waals surface area (Å²) in [5.74, 6) is 1.10. The third kappa shape index (κ3) is 4.42. The number of hydrogen-bond acceptors (Lipinski definition) is 8. The molecule has 0 amide bonds. The van der Waals surface area contributed by atoms with Crippen molar-refractivity contribution in [2.45, 2.75) is 10.6 Å². The second kappa shape index (κ2) is 8.72. The molecule has 3 aromatic carbocycles. The highest BCUT2D eigenvalue weighted by atomic mass is 32.2. The maximum Gasteiger partial charge on any atom is 0.184 e. The Morgan fingerprint density at radius 1 is 0.906 bits per heavy atom. The molecule has 1 heterocycles. The van der Waals surface area contributed by atoms with Crippen LogP contribution in [0.15, 0.2) is 71.6 Å². The maximum atomic E-state index is 13.1. The minimum atomic E-state index is -3.73. The van der Waals surface area contributed by atoms with Crippen LogP contribution in [0.2, 0.25) is 0 Å². The first-order valence-corrected chi connectivity index (χ1v) is 11.4. The number of nitrogens with zero attached hydrogens (tertiary/aromatic N) is 2. The highest BCUT2D eigenvalue weighted by Crippen LogP contribution is 2.33. The molecule has 0 bridgehead atoms. The van der Waals surface area contributed by atoms with Gasteiger partial charge >= 0.3 is 0 Å².